The monoisotopic (exact) mass is 302 g/mol. The molecule has 20 heavy (non-hydrogen) atoms. The SMILES string of the molecule is CC(C)C[C@H](N)C(=O)c1c(N)ccc(O)c1S(=O)(=O)O. The van der Waals surface area contributed by atoms with Crippen molar-refractivity contribution in [1.82, 2.24) is 0 Å². The molecule has 0 heterocycles. The van der Waals surface area contributed by atoms with Crippen LogP contribution in [0.1, 0.15) is 30.6 Å². The zero-order chi connectivity index (χ0) is 15.7. The number of phenols is 1. The van der Waals surface area contributed by atoms with Crippen molar-refractivity contribution in [3.05, 3.63) is 17.7 Å². The number of aromatic hydroxyl groups is 1. The summed E-state index contributed by atoms with van der Waals surface area (Å²) in [5.41, 5.74) is 10.7. The molecule has 0 aliphatic carbocycles. The minimum Gasteiger partial charge on any atom is -0.506 e. The Kier molecular flexibility index (Phi) is 4.74. The van der Waals surface area contributed by atoms with Crippen LogP contribution in [0.2, 0.25) is 0 Å². The molecule has 7 nitrogen and oxygen atoms in total. The van der Waals surface area contributed by atoms with Gasteiger partial charge in [-0.1, -0.05) is 13.8 Å². The molecular weight excluding hydrogens is 284 g/mol. The summed E-state index contributed by atoms with van der Waals surface area (Å²) in [5, 5.41) is 9.58. The van der Waals surface area contributed by atoms with Crippen molar-refractivity contribution >= 4 is 21.6 Å². The molecule has 0 unspecified atom stereocenters. The Morgan fingerprint density at radius 2 is 1.90 bits per heavy atom. The molecule has 6 N–H and O–H groups in total. The van der Waals surface area contributed by atoms with Crippen molar-refractivity contribution in [2.45, 2.75) is 31.2 Å². The molecule has 1 atom stereocenters. The van der Waals surface area contributed by atoms with Crippen LogP contribution in [0.3, 0.4) is 0 Å². The van der Waals surface area contributed by atoms with Crippen LogP contribution < -0.4 is 11.5 Å². The molecule has 0 aliphatic heterocycles. The molecule has 1 aromatic carbocycles. The first kappa shape index (κ1) is 16.4. The first-order chi connectivity index (χ1) is 9.05. The molecule has 0 saturated heterocycles. The quantitative estimate of drug-likeness (QED) is 0.272. The second-order valence-corrected chi connectivity index (χ2v) is 6.31. The van der Waals surface area contributed by atoms with E-state index in [0.29, 0.717) is 6.42 Å². The molecule has 0 fully saturated rings. The van der Waals surface area contributed by atoms with E-state index in [1.807, 2.05) is 13.8 Å². The van der Waals surface area contributed by atoms with Gasteiger partial charge in [0, 0.05) is 5.69 Å². The summed E-state index contributed by atoms with van der Waals surface area (Å²) in [6.45, 7) is 3.70. The van der Waals surface area contributed by atoms with Gasteiger partial charge in [0.25, 0.3) is 10.1 Å². The van der Waals surface area contributed by atoms with Crippen LogP contribution in [-0.4, -0.2) is 29.9 Å². The normalized spacial score (nSPS) is 13.4. The Labute approximate surface area is 117 Å². The smallest absolute Gasteiger partial charge is 0.299 e. The maximum Gasteiger partial charge on any atom is 0.299 e. The molecule has 8 heteroatoms. The molecule has 0 aromatic heterocycles. The number of nitrogen functional groups attached to an aromatic ring is 1. The minimum atomic E-state index is -4.80. The molecule has 0 bridgehead atoms. The van der Waals surface area contributed by atoms with Gasteiger partial charge in [-0.3, -0.25) is 9.35 Å². The summed E-state index contributed by atoms with van der Waals surface area (Å²) in [7, 11) is -4.80. The molecule has 0 radical (unpaired) electrons. The number of phenolic OH excluding ortho intramolecular Hbond substituents is 1. The first-order valence-electron chi connectivity index (χ1n) is 5.94. The molecule has 0 spiro atoms. The number of hydrogen-bond acceptors (Lipinski definition) is 6. The van der Waals surface area contributed by atoms with E-state index < -0.39 is 38.2 Å². The number of benzene rings is 1. The van der Waals surface area contributed by atoms with Gasteiger partial charge in [-0.25, -0.2) is 0 Å². The third kappa shape index (κ3) is 3.47. The fourth-order valence-corrected chi connectivity index (χ4v) is 2.71. The number of anilines is 1. The van der Waals surface area contributed by atoms with Gasteiger partial charge in [0.2, 0.25) is 0 Å². The fourth-order valence-electron chi connectivity index (χ4n) is 1.90. The largest absolute Gasteiger partial charge is 0.506 e. The van der Waals surface area contributed by atoms with E-state index in [1.54, 1.807) is 0 Å². The van der Waals surface area contributed by atoms with E-state index in [2.05, 4.69) is 0 Å². The Bertz CT molecular complexity index is 625. The van der Waals surface area contributed by atoms with Crippen LogP contribution in [0.4, 0.5) is 5.69 Å². The Morgan fingerprint density at radius 1 is 1.35 bits per heavy atom. The lowest BCUT2D eigenvalue weighted by atomic mass is 9.95. The van der Waals surface area contributed by atoms with Crippen molar-refractivity contribution in [1.29, 1.82) is 0 Å². The highest BCUT2D eigenvalue weighted by Gasteiger charge is 2.30. The van der Waals surface area contributed by atoms with Crippen molar-refractivity contribution in [2.24, 2.45) is 11.7 Å². The highest BCUT2D eigenvalue weighted by molar-refractivity contribution is 7.86. The number of hydrogen-bond donors (Lipinski definition) is 4. The maximum atomic E-state index is 12.2. The van der Waals surface area contributed by atoms with Gasteiger partial charge in [0.1, 0.15) is 10.6 Å². The van der Waals surface area contributed by atoms with E-state index >= 15 is 0 Å². The summed E-state index contributed by atoms with van der Waals surface area (Å²) >= 11 is 0. The number of Topliss-reactive ketones (excluding diaryl/α,β-unsaturated/α-hetero) is 1. The summed E-state index contributed by atoms with van der Waals surface area (Å²) in [6.07, 6.45) is 0.318. The number of carbonyl (C=O) groups is 1. The maximum absolute atomic E-state index is 12.2. The highest BCUT2D eigenvalue weighted by atomic mass is 32.2. The lowest BCUT2D eigenvalue weighted by molar-refractivity contribution is 0.0947. The van der Waals surface area contributed by atoms with Gasteiger partial charge in [-0.15, -0.1) is 0 Å². The van der Waals surface area contributed by atoms with Gasteiger partial charge in [0.15, 0.2) is 5.78 Å². The molecule has 1 rings (SSSR count). The van der Waals surface area contributed by atoms with E-state index in [4.69, 9.17) is 16.0 Å². The zero-order valence-corrected chi connectivity index (χ0v) is 12.0. The average molecular weight is 302 g/mol. The molecule has 1 aromatic rings. The fraction of sp³-hybridized carbons (Fsp3) is 0.417. The minimum absolute atomic E-state index is 0.113. The van der Waals surface area contributed by atoms with E-state index in [1.165, 1.54) is 6.07 Å². The van der Waals surface area contributed by atoms with Gasteiger partial charge in [0.05, 0.1) is 11.6 Å². The van der Waals surface area contributed by atoms with Crippen LogP contribution in [0.5, 0.6) is 5.75 Å². The topological polar surface area (TPSA) is 144 Å². The van der Waals surface area contributed by atoms with Crippen molar-refractivity contribution in [2.75, 3.05) is 5.73 Å². The van der Waals surface area contributed by atoms with Crippen LogP contribution in [0, 0.1) is 5.92 Å². The Hall–Kier alpha value is -1.64. The van der Waals surface area contributed by atoms with E-state index in [9.17, 15) is 18.3 Å². The second-order valence-electron chi connectivity index (χ2n) is 4.95. The molecular formula is C12H18N2O5S. The predicted octanol–water partition coefficient (Wildman–Crippen LogP) is 0.777. The lowest BCUT2D eigenvalue weighted by Gasteiger charge is -2.16. The van der Waals surface area contributed by atoms with Crippen LogP contribution in [-0.2, 0) is 10.1 Å². The van der Waals surface area contributed by atoms with Crippen molar-refractivity contribution in [3.63, 3.8) is 0 Å². The average Bonchev–Trinajstić information content (AvgIpc) is 2.28. The number of rotatable bonds is 5. The summed E-state index contributed by atoms with van der Waals surface area (Å²) < 4.78 is 31.8. The van der Waals surface area contributed by atoms with Gasteiger partial charge < -0.3 is 16.6 Å². The molecule has 112 valence electrons. The third-order valence-electron chi connectivity index (χ3n) is 2.74. The van der Waals surface area contributed by atoms with Crippen LogP contribution >= 0.6 is 0 Å². The van der Waals surface area contributed by atoms with Gasteiger partial charge >= 0.3 is 0 Å². The summed E-state index contributed by atoms with van der Waals surface area (Å²) in [4.78, 5) is 11.3. The molecule has 0 aliphatic rings. The lowest BCUT2D eigenvalue weighted by Crippen LogP contribution is -2.33. The van der Waals surface area contributed by atoms with E-state index in [0.717, 1.165) is 6.07 Å². The highest BCUT2D eigenvalue weighted by Crippen LogP contribution is 2.31. The summed E-state index contributed by atoms with van der Waals surface area (Å²) in [5.74, 6) is -1.37. The third-order valence-corrected chi connectivity index (χ3v) is 3.66. The second kappa shape index (κ2) is 5.78. The first-order valence-corrected chi connectivity index (χ1v) is 7.38. The van der Waals surface area contributed by atoms with Gasteiger partial charge in [-0.05, 0) is 24.5 Å². The molecule has 0 amide bonds. The van der Waals surface area contributed by atoms with Crippen LogP contribution in [0.25, 0.3) is 0 Å². The number of carbonyl (C=O) groups excluding carboxylic acids is 1. The van der Waals surface area contributed by atoms with Crippen molar-refractivity contribution < 1.29 is 22.9 Å². The Balaban J connectivity index is 3.45. The summed E-state index contributed by atoms with van der Waals surface area (Å²) in [6, 6.07) is 1.20. The van der Waals surface area contributed by atoms with E-state index in [-0.39, 0.29) is 11.6 Å². The number of ketones is 1. The van der Waals surface area contributed by atoms with Crippen molar-refractivity contribution in [3.8, 4) is 5.75 Å². The van der Waals surface area contributed by atoms with Gasteiger partial charge in [-0.2, -0.15) is 8.42 Å². The standard InChI is InChI=1S/C12H18N2O5S/c1-6(2)5-8(14)11(16)10-7(13)3-4-9(15)12(10)20(17,18)19/h3-4,6,8,15H,5,13-14H2,1-2H3,(H,17,18,19)/t8-/m0/s1. The predicted molar refractivity (Wildman–Crippen MR) is 74.1 cm³/mol. The Morgan fingerprint density at radius 3 is 2.35 bits per heavy atom. The van der Waals surface area contributed by atoms with Crippen LogP contribution in [0.15, 0.2) is 17.0 Å². The molecule has 0 saturated carbocycles. The number of nitrogens with two attached hydrogens (primary N) is 2. The zero-order valence-electron chi connectivity index (χ0n) is 11.2.